The number of hydrogen-bond donors (Lipinski definition) is 1. The maximum absolute atomic E-state index is 13.5. The molecule has 0 saturated carbocycles. The molecule has 0 amide bonds. The highest BCUT2D eigenvalue weighted by atomic mass is 19.1. The second-order valence-electron chi connectivity index (χ2n) is 3.73. The van der Waals surface area contributed by atoms with Crippen LogP contribution in [-0.2, 0) is 7.05 Å². The van der Waals surface area contributed by atoms with Gasteiger partial charge in [0.2, 0.25) is 0 Å². The largest absolute Gasteiger partial charge is 0.384 e. The molecule has 0 aliphatic rings. The fourth-order valence-corrected chi connectivity index (χ4v) is 1.65. The number of rotatable bonds is 1. The quantitative estimate of drug-likeness (QED) is 0.833. The molecular formula is C11H10F3N3. The van der Waals surface area contributed by atoms with Gasteiger partial charge in [-0.15, -0.1) is 0 Å². The third-order valence-corrected chi connectivity index (χ3v) is 2.58. The van der Waals surface area contributed by atoms with Crippen molar-refractivity contribution in [1.82, 2.24) is 9.78 Å². The number of anilines is 1. The van der Waals surface area contributed by atoms with Gasteiger partial charge < -0.3 is 5.73 Å². The minimum atomic E-state index is -0.997. The molecule has 1 heterocycles. The maximum Gasteiger partial charge on any atom is 0.138 e. The summed E-state index contributed by atoms with van der Waals surface area (Å²) in [4.78, 5) is 0. The van der Waals surface area contributed by atoms with Gasteiger partial charge in [0, 0.05) is 24.7 Å². The van der Waals surface area contributed by atoms with Crippen molar-refractivity contribution < 1.29 is 13.2 Å². The summed E-state index contributed by atoms with van der Waals surface area (Å²) in [6.07, 6.45) is 0. The number of halogens is 3. The van der Waals surface area contributed by atoms with E-state index >= 15 is 0 Å². The Morgan fingerprint density at radius 1 is 1.18 bits per heavy atom. The van der Waals surface area contributed by atoms with Gasteiger partial charge in [-0.05, 0) is 6.92 Å². The number of aromatic nitrogens is 2. The first kappa shape index (κ1) is 11.5. The standard InChI is InChI=1S/C11H10F3N3/c1-5-10(16-17(2)11(5)15)9-7(13)3-6(12)4-8(9)14/h3-4H,15H2,1-2H3. The molecule has 0 radical (unpaired) electrons. The molecule has 0 bridgehead atoms. The minimum Gasteiger partial charge on any atom is -0.384 e. The Morgan fingerprint density at radius 3 is 2.12 bits per heavy atom. The van der Waals surface area contributed by atoms with E-state index in [1.807, 2.05) is 0 Å². The number of hydrogen-bond acceptors (Lipinski definition) is 2. The van der Waals surface area contributed by atoms with Crippen molar-refractivity contribution in [3.63, 3.8) is 0 Å². The monoisotopic (exact) mass is 241 g/mol. The number of aryl methyl sites for hydroxylation is 1. The fraction of sp³-hybridized carbons (Fsp3) is 0.182. The van der Waals surface area contributed by atoms with E-state index in [0.29, 0.717) is 23.5 Å². The molecule has 0 fully saturated rings. The Labute approximate surface area is 95.7 Å². The van der Waals surface area contributed by atoms with Crippen LogP contribution in [0, 0.1) is 24.4 Å². The summed E-state index contributed by atoms with van der Waals surface area (Å²) in [6, 6.07) is 1.23. The summed E-state index contributed by atoms with van der Waals surface area (Å²) in [5.74, 6) is -2.65. The molecule has 0 aliphatic heterocycles. The Hall–Kier alpha value is -1.98. The van der Waals surface area contributed by atoms with Crippen molar-refractivity contribution in [2.75, 3.05) is 5.73 Å². The summed E-state index contributed by atoms with van der Waals surface area (Å²) in [7, 11) is 1.56. The topological polar surface area (TPSA) is 43.8 Å². The Balaban J connectivity index is 2.73. The zero-order chi connectivity index (χ0) is 12.7. The molecule has 2 rings (SSSR count). The first-order chi connectivity index (χ1) is 7.91. The lowest BCUT2D eigenvalue weighted by atomic mass is 10.1. The van der Waals surface area contributed by atoms with E-state index in [9.17, 15) is 13.2 Å². The van der Waals surface area contributed by atoms with Crippen molar-refractivity contribution in [2.24, 2.45) is 7.05 Å². The highest BCUT2D eigenvalue weighted by Crippen LogP contribution is 2.30. The molecule has 90 valence electrons. The van der Waals surface area contributed by atoms with Gasteiger partial charge in [0.15, 0.2) is 0 Å². The third-order valence-electron chi connectivity index (χ3n) is 2.58. The lowest BCUT2D eigenvalue weighted by Gasteiger charge is -2.03. The van der Waals surface area contributed by atoms with Crippen LogP contribution in [-0.4, -0.2) is 9.78 Å². The minimum absolute atomic E-state index is 0.0833. The summed E-state index contributed by atoms with van der Waals surface area (Å²) in [5.41, 5.74) is 5.83. The molecule has 2 aromatic rings. The van der Waals surface area contributed by atoms with Gasteiger partial charge in [-0.25, -0.2) is 13.2 Å². The molecule has 6 heteroatoms. The van der Waals surface area contributed by atoms with Gasteiger partial charge in [-0.2, -0.15) is 5.10 Å². The molecular weight excluding hydrogens is 231 g/mol. The van der Waals surface area contributed by atoms with Crippen LogP contribution in [0.3, 0.4) is 0 Å². The van der Waals surface area contributed by atoms with Crippen LogP contribution >= 0.6 is 0 Å². The molecule has 0 spiro atoms. The van der Waals surface area contributed by atoms with Crippen LogP contribution in [0.5, 0.6) is 0 Å². The summed E-state index contributed by atoms with van der Waals surface area (Å²) in [5, 5.41) is 3.92. The van der Waals surface area contributed by atoms with Crippen molar-refractivity contribution in [2.45, 2.75) is 6.92 Å². The average molecular weight is 241 g/mol. The lowest BCUT2D eigenvalue weighted by Crippen LogP contribution is -1.97. The first-order valence-electron chi connectivity index (χ1n) is 4.85. The molecule has 0 saturated heterocycles. The van der Waals surface area contributed by atoms with E-state index in [4.69, 9.17) is 5.73 Å². The van der Waals surface area contributed by atoms with E-state index in [2.05, 4.69) is 5.10 Å². The maximum atomic E-state index is 13.5. The summed E-state index contributed by atoms with van der Waals surface area (Å²) >= 11 is 0. The van der Waals surface area contributed by atoms with Gasteiger partial charge >= 0.3 is 0 Å². The predicted octanol–water partition coefficient (Wildman–Crippen LogP) is 2.40. The molecule has 1 aromatic carbocycles. The second-order valence-corrected chi connectivity index (χ2v) is 3.73. The molecule has 0 aliphatic carbocycles. The lowest BCUT2D eigenvalue weighted by molar-refractivity contribution is 0.547. The molecule has 17 heavy (non-hydrogen) atoms. The Bertz CT molecular complexity index is 567. The molecule has 0 atom stereocenters. The van der Waals surface area contributed by atoms with Crippen molar-refractivity contribution in [3.8, 4) is 11.3 Å². The number of nitrogens with zero attached hydrogens (tertiary/aromatic N) is 2. The van der Waals surface area contributed by atoms with Crippen LogP contribution in [0.25, 0.3) is 11.3 Å². The molecule has 0 unspecified atom stereocenters. The van der Waals surface area contributed by atoms with E-state index in [-0.39, 0.29) is 11.3 Å². The normalized spacial score (nSPS) is 10.9. The average Bonchev–Trinajstić information content (AvgIpc) is 2.45. The smallest absolute Gasteiger partial charge is 0.138 e. The van der Waals surface area contributed by atoms with E-state index in [0.717, 1.165) is 0 Å². The van der Waals surface area contributed by atoms with Gasteiger partial charge in [-0.3, -0.25) is 4.68 Å². The number of nitrogens with two attached hydrogens (primary N) is 1. The number of benzene rings is 1. The van der Waals surface area contributed by atoms with Crippen molar-refractivity contribution >= 4 is 5.82 Å². The molecule has 1 aromatic heterocycles. The predicted molar refractivity (Wildman–Crippen MR) is 57.7 cm³/mol. The summed E-state index contributed by atoms with van der Waals surface area (Å²) in [6.45, 7) is 1.60. The van der Waals surface area contributed by atoms with Crippen molar-refractivity contribution in [1.29, 1.82) is 0 Å². The fourth-order valence-electron chi connectivity index (χ4n) is 1.65. The van der Waals surface area contributed by atoms with Crippen LogP contribution < -0.4 is 5.73 Å². The zero-order valence-electron chi connectivity index (χ0n) is 9.26. The Morgan fingerprint density at radius 2 is 1.71 bits per heavy atom. The van der Waals surface area contributed by atoms with Gasteiger partial charge in [-0.1, -0.05) is 0 Å². The van der Waals surface area contributed by atoms with Gasteiger partial charge in [0.25, 0.3) is 0 Å². The van der Waals surface area contributed by atoms with E-state index < -0.39 is 17.5 Å². The highest BCUT2D eigenvalue weighted by Gasteiger charge is 2.20. The highest BCUT2D eigenvalue weighted by molar-refractivity contribution is 5.69. The second kappa shape index (κ2) is 3.80. The van der Waals surface area contributed by atoms with Gasteiger partial charge in [0.05, 0.1) is 5.56 Å². The van der Waals surface area contributed by atoms with E-state index in [1.165, 1.54) is 4.68 Å². The Kier molecular flexibility index (Phi) is 2.57. The van der Waals surface area contributed by atoms with Gasteiger partial charge in [0.1, 0.15) is 29.0 Å². The summed E-state index contributed by atoms with van der Waals surface area (Å²) < 4.78 is 41.2. The first-order valence-corrected chi connectivity index (χ1v) is 4.85. The molecule has 2 N–H and O–H groups in total. The SMILES string of the molecule is Cc1c(-c2c(F)cc(F)cc2F)nn(C)c1N. The van der Waals surface area contributed by atoms with Crippen molar-refractivity contribution in [3.05, 3.63) is 35.1 Å². The molecule has 3 nitrogen and oxygen atoms in total. The van der Waals surface area contributed by atoms with Crippen LogP contribution in [0.4, 0.5) is 19.0 Å². The number of nitrogen functional groups attached to an aromatic ring is 1. The van der Waals surface area contributed by atoms with E-state index in [1.54, 1.807) is 14.0 Å². The third kappa shape index (κ3) is 1.75. The van der Waals surface area contributed by atoms with Crippen LogP contribution in [0.15, 0.2) is 12.1 Å². The zero-order valence-corrected chi connectivity index (χ0v) is 9.26. The van der Waals surface area contributed by atoms with Crippen LogP contribution in [0.1, 0.15) is 5.56 Å². The van der Waals surface area contributed by atoms with Crippen LogP contribution in [0.2, 0.25) is 0 Å².